The lowest BCUT2D eigenvalue weighted by Gasteiger charge is -2.11. The van der Waals surface area contributed by atoms with Crippen LogP contribution in [0, 0.1) is 0 Å². The lowest BCUT2D eigenvalue weighted by Crippen LogP contribution is -2.17. The average molecular weight is 188 g/mol. The van der Waals surface area contributed by atoms with Crippen molar-refractivity contribution in [1.29, 1.82) is 0 Å². The number of ether oxygens (including phenoxy) is 2. The molecule has 78 valence electrons. The van der Waals surface area contributed by atoms with Gasteiger partial charge in [0.05, 0.1) is 19.1 Å². The van der Waals surface area contributed by atoms with Crippen LogP contribution in [0.15, 0.2) is 0 Å². The van der Waals surface area contributed by atoms with Crippen molar-refractivity contribution in [2.45, 2.75) is 45.6 Å². The Labute approximate surface area is 80.4 Å². The van der Waals surface area contributed by atoms with Crippen LogP contribution in [-0.4, -0.2) is 25.8 Å². The molecule has 0 aromatic rings. The summed E-state index contributed by atoms with van der Waals surface area (Å²) in [6, 6.07) is 0. The van der Waals surface area contributed by atoms with Crippen molar-refractivity contribution >= 4 is 5.97 Å². The molecule has 0 radical (unpaired) electrons. The van der Waals surface area contributed by atoms with Crippen LogP contribution in [0.1, 0.15) is 39.5 Å². The molecule has 13 heavy (non-hydrogen) atoms. The molecule has 0 aromatic carbocycles. The van der Waals surface area contributed by atoms with Crippen LogP contribution in [0.5, 0.6) is 0 Å². The Morgan fingerprint density at radius 2 is 2.08 bits per heavy atom. The summed E-state index contributed by atoms with van der Waals surface area (Å²) >= 11 is 0. The van der Waals surface area contributed by atoms with Crippen molar-refractivity contribution in [2.75, 3.05) is 13.7 Å². The van der Waals surface area contributed by atoms with E-state index in [4.69, 9.17) is 9.47 Å². The van der Waals surface area contributed by atoms with Gasteiger partial charge < -0.3 is 9.47 Å². The van der Waals surface area contributed by atoms with E-state index in [1.807, 2.05) is 6.92 Å². The summed E-state index contributed by atoms with van der Waals surface area (Å²) in [5, 5.41) is 0. The Bertz CT molecular complexity index is 130. The van der Waals surface area contributed by atoms with Gasteiger partial charge in [0.25, 0.3) is 0 Å². The summed E-state index contributed by atoms with van der Waals surface area (Å²) in [7, 11) is 1.62. The third-order valence-electron chi connectivity index (χ3n) is 1.94. The molecule has 1 atom stereocenters. The van der Waals surface area contributed by atoms with E-state index in [0.717, 1.165) is 19.3 Å². The number of hydrogen-bond acceptors (Lipinski definition) is 3. The van der Waals surface area contributed by atoms with Gasteiger partial charge >= 0.3 is 5.97 Å². The third-order valence-corrected chi connectivity index (χ3v) is 1.94. The minimum Gasteiger partial charge on any atom is -0.466 e. The van der Waals surface area contributed by atoms with Gasteiger partial charge in [0.15, 0.2) is 0 Å². The molecule has 0 rings (SSSR count). The first-order valence-corrected chi connectivity index (χ1v) is 4.93. The summed E-state index contributed by atoms with van der Waals surface area (Å²) < 4.78 is 10.1. The Morgan fingerprint density at radius 1 is 1.38 bits per heavy atom. The molecule has 3 nitrogen and oxygen atoms in total. The molecule has 0 saturated carbocycles. The first-order valence-electron chi connectivity index (χ1n) is 4.93. The number of carbonyl (C=O) groups is 1. The molecule has 0 aliphatic heterocycles. The van der Waals surface area contributed by atoms with E-state index >= 15 is 0 Å². The molecular formula is C10H20O3. The second kappa shape index (κ2) is 8.05. The third kappa shape index (κ3) is 6.58. The number of methoxy groups -OCH3 is 1. The van der Waals surface area contributed by atoms with E-state index < -0.39 is 0 Å². The monoisotopic (exact) mass is 188 g/mol. The van der Waals surface area contributed by atoms with Gasteiger partial charge in [-0.05, 0) is 12.8 Å². The predicted octanol–water partition coefficient (Wildman–Crippen LogP) is 2.14. The van der Waals surface area contributed by atoms with E-state index in [1.54, 1.807) is 7.11 Å². The maximum atomic E-state index is 11.1. The summed E-state index contributed by atoms with van der Waals surface area (Å²) in [6.45, 7) is 4.60. The van der Waals surface area contributed by atoms with Crippen LogP contribution < -0.4 is 0 Å². The summed E-state index contributed by atoms with van der Waals surface area (Å²) in [4.78, 5) is 11.1. The fourth-order valence-electron chi connectivity index (χ4n) is 0.969. The molecule has 1 unspecified atom stereocenters. The first-order chi connectivity index (χ1) is 6.24. The minimum atomic E-state index is -0.151. The molecule has 0 fully saturated rings. The molecule has 0 aromatic heterocycles. The normalized spacial score (nSPS) is 12.5. The van der Waals surface area contributed by atoms with Crippen molar-refractivity contribution in [2.24, 2.45) is 0 Å². The molecule has 0 N–H and O–H groups in total. The van der Waals surface area contributed by atoms with Crippen molar-refractivity contribution in [3.8, 4) is 0 Å². The zero-order valence-corrected chi connectivity index (χ0v) is 8.84. The average Bonchev–Trinajstić information content (AvgIpc) is 2.14. The van der Waals surface area contributed by atoms with Crippen LogP contribution in [0.25, 0.3) is 0 Å². The number of unbranched alkanes of at least 4 members (excludes halogenated alkanes) is 1. The van der Waals surface area contributed by atoms with Crippen molar-refractivity contribution in [1.82, 2.24) is 0 Å². The Kier molecular flexibility index (Phi) is 7.69. The quantitative estimate of drug-likeness (QED) is 0.453. The van der Waals surface area contributed by atoms with Gasteiger partial charge in [-0.15, -0.1) is 0 Å². The highest BCUT2D eigenvalue weighted by Gasteiger charge is 2.11. The molecule has 0 bridgehead atoms. The lowest BCUT2D eigenvalue weighted by atomic mass is 10.2. The zero-order chi connectivity index (χ0) is 10.1. The van der Waals surface area contributed by atoms with Crippen LogP contribution in [0.3, 0.4) is 0 Å². The van der Waals surface area contributed by atoms with E-state index in [1.165, 1.54) is 0 Å². The molecule has 0 aliphatic rings. The standard InChI is InChI=1S/C10H20O3/c1-4-6-7-13-10(11)8-9(5-2)12-3/h9H,4-8H2,1-3H3. The Hall–Kier alpha value is -0.570. The van der Waals surface area contributed by atoms with E-state index in [2.05, 4.69) is 6.92 Å². The van der Waals surface area contributed by atoms with Crippen molar-refractivity contribution < 1.29 is 14.3 Å². The highest BCUT2D eigenvalue weighted by atomic mass is 16.5. The van der Waals surface area contributed by atoms with Crippen molar-refractivity contribution in [3.63, 3.8) is 0 Å². The van der Waals surface area contributed by atoms with Crippen LogP contribution in [0.2, 0.25) is 0 Å². The van der Waals surface area contributed by atoms with Gasteiger partial charge in [-0.2, -0.15) is 0 Å². The number of carbonyl (C=O) groups excluding carboxylic acids is 1. The fraction of sp³-hybridized carbons (Fsp3) is 0.900. The maximum absolute atomic E-state index is 11.1. The number of esters is 1. The van der Waals surface area contributed by atoms with E-state index in [0.29, 0.717) is 13.0 Å². The van der Waals surface area contributed by atoms with E-state index in [9.17, 15) is 4.79 Å². The smallest absolute Gasteiger partial charge is 0.308 e. The molecular weight excluding hydrogens is 168 g/mol. The topological polar surface area (TPSA) is 35.5 Å². The molecule has 3 heteroatoms. The lowest BCUT2D eigenvalue weighted by molar-refractivity contribution is -0.146. The van der Waals surface area contributed by atoms with Gasteiger partial charge in [-0.1, -0.05) is 20.3 Å². The number of hydrogen-bond donors (Lipinski definition) is 0. The second-order valence-electron chi connectivity index (χ2n) is 3.04. The number of rotatable bonds is 7. The minimum absolute atomic E-state index is 0.00845. The summed E-state index contributed by atoms with van der Waals surface area (Å²) in [5.41, 5.74) is 0. The van der Waals surface area contributed by atoms with Crippen LogP contribution in [0.4, 0.5) is 0 Å². The Balaban J connectivity index is 3.48. The van der Waals surface area contributed by atoms with Gasteiger partial charge in [0.2, 0.25) is 0 Å². The van der Waals surface area contributed by atoms with Crippen LogP contribution >= 0.6 is 0 Å². The summed E-state index contributed by atoms with van der Waals surface area (Å²) in [6.07, 6.45) is 3.22. The van der Waals surface area contributed by atoms with Gasteiger partial charge in [0, 0.05) is 7.11 Å². The van der Waals surface area contributed by atoms with Gasteiger partial charge in [0.1, 0.15) is 0 Å². The molecule has 0 spiro atoms. The Morgan fingerprint density at radius 3 is 2.54 bits per heavy atom. The van der Waals surface area contributed by atoms with E-state index in [-0.39, 0.29) is 12.1 Å². The zero-order valence-electron chi connectivity index (χ0n) is 8.84. The van der Waals surface area contributed by atoms with Crippen molar-refractivity contribution in [3.05, 3.63) is 0 Å². The fourth-order valence-corrected chi connectivity index (χ4v) is 0.969. The second-order valence-corrected chi connectivity index (χ2v) is 3.04. The highest BCUT2D eigenvalue weighted by molar-refractivity contribution is 5.69. The maximum Gasteiger partial charge on any atom is 0.308 e. The predicted molar refractivity (Wildman–Crippen MR) is 51.6 cm³/mol. The first kappa shape index (κ1) is 12.4. The molecule has 0 saturated heterocycles. The molecule has 0 aliphatic carbocycles. The molecule has 0 heterocycles. The largest absolute Gasteiger partial charge is 0.466 e. The SMILES string of the molecule is CCCCOC(=O)CC(CC)OC. The summed E-state index contributed by atoms with van der Waals surface area (Å²) in [5.74, 6) is -0.151. The van der Waals surface area contributed by atoms with Gasteiger partial charge in [-0.25, -0.2) is 0 Å². The highest BCUT2D eigenvalue weighted by Crippen LogP contribution is 2.03. The molecule has 0 amide bonds. The van der Waals surface area contributed by atoms with Gasteiger partial charge in [-0.3, -0.25) is 4.79 Å². The van der Waals surface area contributed by atoms with Crippen LogP contribution in [-0.2, 0) is 14.3 Å².